The quantitative estimate of drug-likeness (QED) is 0.697. The zero-order chi connectivity index (χ0) is 8.39. The van der Waals surface area contributed by atoms with Gasteiger partial charge in [0.15, 0.2) is 11.5 Å². The maximum Gasteiger partial charge on any atom is 0.279 e. The molecule has 0 N–H and O–H groups in total. The zero-order valence-electron chi connectivity index (χ0n) is 6.39. The van der Waals surface area contributed by atoms with Gasteiger partial charge in [-0.05, 0) is 11.5 Å². The maximum absolute atomic E-state index is 4.94. The normalized spacial score (nSPS) is 10.4. The van der Waals surface area contributed by atoms with Crippen molar-refractivity contribution in [3.8, 4) is 11.6 Å². The number of hydrogen-bond acceptors (Lipinski definition) is 6. The Morgan fingerprint density at radius 2 is 2.50 bits per heavy atom. The number of aromatic nitrogens is 4. The molecule has 2 rings (SSSR count). The summed E-state index contributed by atoms with van der Waals surface area (Å²) in [6.45, 7) is 1.97. The van der Waals surface area contributed by atoms with E-state index in [0.29, 0.717) is 17.4 Å². The molecule has 0 bridgehead atoms. The first-order valence-electron chi connectivity index (χ1n) is 3.50. The second-order valence-electron chi connectivity index (χ2n) is 2.16. The van der Waals surface area contributed by atoms with Gasteiger partial charge in [0.05, 0.1) is 0 Å². The van der Waals surface area contributed by atoms with Crippen molar-refractivity contribution in [2.45, 2.75) is 13.3 Å². The summed E-state index contributed by atoms with van der Waals surface area (Å²) in [4.78, 5) is 4.10. The highest BCUT2D eigenvalue weighted by molar-refractivity contribution is 7.03. The molecule has 0 atom stereocenters. The van der Waals surface area contributed by atoms with E-state index < -0.39 is 0 Å². The van der Waals surface area contributed by atoms with Crippen LogP contribution in [0.4, 0.5) is 0 Å². The van der Waals surface area contributed by atoms with Crippen LogP contribution >= 0.6 is 11.5 Å². The molecule has 6 heteroatoms. The summed E-state index contributed by atoms with van der Waals surface area (Å²) in [5.74, 6) is 1.14. The third-order valence-electron chi connectivity index (χ3n) is 1.36. The minimum atomic E-state index is 0.445. The Morgan fingerprint density at radius 1 is 1.58 bits per heavy atom. The minimum Gasteiger partial charge on any atom is -0.332 e. The molecule has 0 unspecified atom stereocenters. The molecule has 0 amide bonds. The number of rotatable bonds is 2. The molecular formula is C6H6N4OS. The average molecular weight is 182 g/mol. The van der Waals surface area contributed by atoms with Crippen molar-refractivity contribution < 1.29 is 4.52 Å². The van der Waals surface area contributed by atoms with Crippen LogP contribution in [-0.4, -0.2) is 19.7 Å². The van der Waals surface area contributed by atoms with Crippen molar-refractivity contribution >= 4 is 11.5 Å². The van der Waals surface area contributed by atoms with E-state index in [1.807, 2.05) is 6.92 Å². The highest BCUT2D eigenvalue weighted by Crippen LogP contribution is 2.14. The summed E-state index contributed by atoms with van der Waals surface area (Å²) in [5.41, 5.74) is 0.646. The Morgan fingerprint density at radius 3 is 3.08 bits per heavy atom. The Bertz CT molecular complexity index is 355. The molecule has 0 spiro atoms. The van der Waals surface area contributed by atoms with Crippen LogP contribution in [0.1, 0.15) is 12.7 Å². The average Bonchev–Trinajstić information content (AvgIpc) is 2.75. The van der Waals surface area contributed by atoms with E-state index in [9.17, 15) is 0 Å². The molecule has 2 aromatic heterocycles. The van der Waals surface area contributed by atoms with Crippen LogP contribution in [0.25, 0.3) is 11.6 Å². The van der Waals surface area contributed by atoms with Gasteiger partial charge in [0.25, 0.3) is 5.89 Å². The number of nitrogens with zero attached hydrogens (tertiary/aromatic N) is 4. The number of hydrogen-bond donors (Lipinski definition) is 0. The molecule has 12 heavy (non-hydrogen) atoms. The van der Waals surface area contributed by atoms with Crippen LogP contribution in [0.5, 0.6) is 0 Å². The Balaban J connectivity index is 2.35. The molecule has 0 aliphatic rings. The lowest BCUT2D eigenvalue weighted by atomic mass is 10.4. The van der Waals surface area contributed by atoms with E-state index in [1.54, 1.807) is 5.38 Å². The van der Waals surface area contributed by atoms with Crippen molar-refractivity contribution in [2.75, 3.05) is 0 Å². The van der Waals surface area contributed by atoms with Crippen molar-refractivity contribution in [1.29, 1.82) is 0 Å². The van der Waals surface area contributed by atoms with E-state index in [4.69, 9.17) is 4.52 Å². The van der Waals surface area contributed by atoms with Crippen LogP contribution in [0.2, 0.25) is 0 Å². The summed E-state index contributed by atoms with van der Waals surface area (Å²) in [6.07, 6.45) is 0.765. The Labute approximate surface area is 72.6 Å². The largest absolute Gasteiger partial charge is 0.332 e. The summed E-state index contributed by atoms with van der Waals surface area (Å²) in [6, 6.07) is 0. The van der Waals surface area contributed by atoms with Gasteiger partial charge in [-0.3, -0.25) is 0 Å². The minimum absolute atomic E-state index is 0.445. The first kappa shape index (κ1) is 7.35. The molecule has 2 aromatic rings. The molecule has 2 heterocycles. The number of aryl methyl sites for hydroxylation is 1. The molecule has 0 saturated carbocycles. The van der Waals surface area contributed by atoms with Gasteiger partial charge >= 0.3 is 0 Å². The second-order valence-corrected chi connectivity index (χ2v) is 2.77. The highest BCUT2D eigenvalue weighted by atomic mass is 32.1. The Hall–Kier alpha value is -1.30. The lowest BCUT2D eigenvalue weighted by molar-refractivity contribution is 0.422. The first-order chi connectivity index (χ1) is 5.90. The molecule has 0 fully saturated rings. The highest BCUT2D eigenvalue weighted by Gasteiger charge is 2.09. The maximum atomic E-state index is 4.94. The van der Waals surface area contributed by atoms with Crippen LogP contribution in [0.3, 0.4) is 0 Å². The molecule has 0 radical (unpaired) electrons. The van der Waals surface area contributed by atoms with E-state index >= 15 is 0 Å². The summed E-state index contributed by atoms with van der Waals surface area (Å²) < 4.78 is 8.64. The fraction of sp³-hybridized carbons (Fsp3) is 0.333. The summed E-state index contributed by atoms with van der Waals surface area (Å²) in [7, 11) is 0. The molecule has 62 valence electrons. The topological polar surface area (TPSA) is 64.7 Å². The van der Waals surface area contributed by atoms with Crippen LogP contribution in [0.15, 0.2) is 9.90 Å². The predicted octanol–water partition coefficient (Wildman–Crippen LogP) is 1.15. The van der Waals surface area contributed by atoms with E-state index in [2.05, 4.69) is 19.7 Å². The Kier molecular flexibility index (Phi) is 1.83. The van der Waals surface area contributed by atoms with Crippen molar-refractivity contribution in [3.05, 3.63) is 11.2 Å². The first-order valence-corrected chi connectivity index (χ1v) is 4.34. The van der Waals surface area contributed by atoms with Gasteiger partial charge in [-0.1, -0.05) is 16.6 Å². The smallest absolute Gasteiger partial charge is 0.279 e. The van der Waals surface area contributed by atoms with Gasteiger partial charge in [-0.25, -0.2) is 0 Å². The van der Waals surface area contributed by atoms with Gasteiger partial charge in [-0.15, -0.1) is 5.10 Å². The fourth-order valence-electron chi connectivity index (χ4n) is 0.759. The van der Waals surface area contributed by atoms with Crippen LogP contribution in [0, 0.1) is 0 Å². The van der Waals surface area contributed by atoms with Gasteiger partial charge in [0, 0.05) is 11.8 Å². The molecule has 5 nitrogen and oxygen atoms in total. The lowest BCUT2D eigenvalue weighted by Crippen LogP contribution is -1.82. The van der Waals surface area contributed by atoms with Crippen molar-refractivity contribution in [3.63, 3.8) is 0 Å². The van der Waals surface area contributed by atoms with Crippen LogP contribution < -0.4 is 0 Å². The monoisotopic (exact) mass is 182 g/mol. The molecule has 0 saturated heterocycles. The summed E-state index contributed by atoms with van der Waals surface area (Å²) in [5, 5.41) is 9.32. The standard InChI is InChI=1S/C6H6N4OS/c1-2-5-7-6(11-9-5)4-3-12-10-8-4/h3H,2H2,1H3. The summed E-state index contributed by atoms with van der Waals surface area (Å²) >= 11 is 1.26. The molecular weight excluding hydrogens is 176 g/mol. The third-order valence-corrected chi connectivity index (χ3v) is 1.87. The predicted molar refractivity (Wildman–Crippen MR) is 42.6 cm³/mol. The zero-order valence-corrected chi connectivity index (χ0v) is 7.21. The van der Waals surface area contributed by atoms with Gasteiger partial charge in [0.2, 0.25) is 0 Å². The molecule has 0 aromatic carbocycles. The van der Waals surface area contributed by atoms with E-state index in [0.717, 1.165) is 6.42 Å². The third kappa shape index (κ3) is 1.20. The van der Waals surface area contributed by atoms with Gasteiger partial charge in [-0.2, -0.15) is 4.98 Å². The second kappa shape index (κ2) is 2.98. The van der Waals surface area contributed by atoms with Crippen LogP contribution in [-0.2, 0) is 6.42 Å². The van der Waals surface area contributed by atoms with Gasteiger partial charge < -0.3 is 4.52 Å². The van der Waals surface area contributed by atoms with Gasteiger partial charge in [0.1, 0.15) is 0 Å². The molecule has 0 aliphatic heterocycles. The fourth-order valence-corrected chi connectivity index (χ4v) is 1.19. The molecule has 0 aliphatic carbocycles. The van der Waals surface area contributed by atoms with Crippen molar-refractivity contribution in [2.24, 2.45) is 0 Å². The van der Waals surface area contributed by atoms with E-state index in [-0.39, 0.29) is 0 Å². The SMILES string of the molecule is CCc1noc(-c2csnn2)n1. The van der Waals surface area contributed by atoms with Crippen molar-refractivity contribution in [1.82, 2.24) is 19.7 Å². The lowest BCUT2D eigenvalue weighted by Gasteiger charge is -1.79. The van der Waals surface area contributed by atoms with E-state index in [1.165, 1.54) is 11.5 Å².